The Labute approximate surface area is 234 Å². The van der Waals surface area contributed by atoms with E-state index >= 15 is 0 Å². The van der Waals surface area contributed by atoms with Gasteiger partial charge in [-0.15, -0.1) is 11.3 Å². The first kappa shape index (κ1) is 26.0. The molecule has 39 heavy (non-hydrogen) atoms. The molecule has 0 aliphatic carbocycles. The van der Waals surface area contributed by atoms with Crippen LogP contribution in [-0.4, -0.2) is 66.7 Å². The van der Waals surface area contributed by atoms with E-state index in [1.54, 1.807) is 29.7 Å². The average molecular weight is 544 g/mol. The van der Waals surface area contributed by atoms with Crippen LogP contribution < -0.4 is 0 Å². The molecule has 204 valence electrons. The van der Waals surface area contributed by atoms with Crippen molar-refractivity contribution in [2.75, 3.05) is 26.2 Å². The van der Waals surface area contributed by atoms with Gasteiger partial charge in [-0.05, 0) is 73.3 Å². The normalized spacial score (nSPS) is 17.9. The van der Waals surface area contributed by atoms with Gasteiger partial charge in [0.1, 0.15) is 5.82 Å². The molecular weight excluding hydrogens is 506 g/mol. The number of carbonyl (C=O) groups excluding carboxylic acids is 1. The van der Waals surface area contributed by atoms with E-state index in [9.17, 15) is 4.79 Å². The number of nitrogens with zero attached hydrogens (tertiary/aromatic N) is 5. The lowest BCUT2D eigenvalue weighted by Crippen LogP contribution is -2.49. The van der Waals surface area contributed by atoms with Crippen LogP contribution in [0, 0.1) is 5.41 Å². The number of hydrogen-bond donors (Lipinski definition) is 2. The molecule has 2 fully saturated rings. The number of likely N-dealkylation sites (tertiary alicyclic amines) is 2. The number of piperidine rings is 2. The number of aromatic nitrogens is 4. The summed E-state index contributed by atoms with van der Waals surface area (Å²) in [6, 6.07) is 13.2. The van der Waals surface area contributed by atoms with Gasteiger partial charge in [0, 0.05) is 55.8 Å². The average Bonchev–Trinajstić information content (AvgIpc) is 3.75. The molecule has 1 amide bonds. The highest BCUT2D eigenvalue weighted by molar-refractivity contribution is 7.09. The number of H-pyrrole nitrogens is 2. The van der Waals surface area contributed by atoms with Crippen molar-refractivity contribution < 1.29 is 4.79 Å². The first-order chi connectivity index (χ1) is 19.1. The summed E-state index contributed by atoms with van der Waals surface area (Å²) >= 11 is 1.88. The van der Waals surface area contributed by atoms with Crippen LogP contribution in [0.1, 0.15) is 58.1 Å². The van der Waals surface area contributed by atoms with E-state index in [2.05, 4.69) is 71.5 Å². The monoisotopic (exact) mass is 543 g/mol. The Bertz CT molecular complexity index is 1290. The Balaban J connectivity index is 1.03. The van der Waals surface area contributed by atoms with Crippen molar-refractivity contribution in [1.82, 2.24) is 34.6 Å². The van der Waals surface area contributed by atoms with E-state index in [4.69, 9.17) is 0 Å². The first-order valence-corrected chi connectivity index (χ1v) is 14.8. The van der Waals surface area contributed by atoms with Crippen LogP contribution in [0.15, 0.2) is 66.6 Å². The minimum Gasteiger partial charge on any atom is -0.347 e. The first-order valence-electron chi connectivity index (χ1n) is 14.0. The molecule has 1 aromatic carbocycles. The molecule has 2 saturated heterocycles. The molecule has 5 heterocycles. The van der Waals surface area contributed by atoms with Crippen LogP contribution in [0.4, 0.5) is 0 Å². The van der Waals surface area contributed by atoms with Crippen molar-refractivity contribution in [3.05, 3.63) is 94.2 Å². The quantitative estimate of drug-likeness (QED) is 0.313. The zero-order valence-electron chi connectivity index (χ0n) is 22.4. The number of rotatable bonds is 9. The molecule has 0 saturated carbocycles. The van der Waals surface area contributed by atoms with Gasteiger partial charge in [0.05, 0.1) is 6.54 Å². The molecule has 6 rings (SSSR count). The highest BCUT2D eigenvalue weighted by Crippen LogP contribution is 2.40. The van der Waals surface area contributed by atoms with Gasteiger partial charge in [-0.1, -0.05) is 30.3 Å². The van der Waals surface area contributed by atoms with Crippen LogP contribution >= 0.6 is 11.3 Å². The van der Waals surface area contributed by atoms with Crippen molar-refractivity contribution in [3.8, 4) is 0 Å². The summed E-state index contributed by atoms with van der Waals surface area (Å²) in [5.41, 5.74) is 2.91. The fourth-order valence-corrected chi connectivity index (χ4v) is 6.93. The van der Waals surface area contributed by atoms with E-state index in [-0.39, 0.29) is 5.91 Å². The summed E-state index contributed by atoms with van der Waals surface area (Å²) < 4.78 is 0. The molecule has 9 heteroatoms. The second kappa shape index (κ2) is 11.9. The molecule has 8 nitrogen and oxygen atoms in total. The number of hydrogen-bond acceptors (Lipinski definition) is 6. The Morgan fingerprint density at radius 3 is 2.41 bits per heavy atom. The lowest BCUT2D eigenvalue weighted by atomic mass is 9.72. The zero-order valence-corrected chi connectivity index (χ0v) is 23.2. The lowest BCUT2D eigenvalue weighted by Gasteiger charge is -2.47. The van der Waals surface area contributed by atoms with Crippen LogP contribution in [-0.2, 0) is 26.2 Å². The number of imidazole rings is 2. The molecule has 0 radical (unpaired) electrons. The molecule has 0 bridgehead atoms. The summed E-state index contributed by atoms with van der Waals surface area (Å²) in [6.45, 7) is 7.81. The number of aromatic amines is 2. The van der Waals surface area contributed by atoms with Crippen molar-refractivity contribution in [2.24, 2.45) is 5.41 Å². The standard InChI is InChI=1S/C30H37N7OS/c38-29(28-33-13-14-34-28)37(22-27-31-11-12-32-27)20-25-6-4-24(5-7-25)19-35-16-9-30(10-17-35)8-2-15-36(23-30)21-26-3-1-18-39-26/h1,3-7,11-14,18H,2,8-10,15-17,19-23H2,(H,31,32)(H,33,34). The Morgan fingerprint density at radius 2 is 1.69 bits per heavy atom. The van der Waals surface area contributed by atoms with E-state index in [0.29, 0.717) is 24.3 Å². The van der Waals surface area contributed by atoms with Crippen LogP contribution in [0.3, 0.4) is 0 Å². The van der Waals surface area contributed by atoms with E-state index in [1.807, 2.05) is 11.3 Å². The van der Waals surface area contributed by atoms with Crippen molar-refractivity contribution in [3.63, 3.8) is 0 Å². The molecule has 2 N–H and O–H groups in total. The van der Waals surface area contributed by atoms with Gasteiger partial charge >= 0.3 is 0 Å². The summed E-state index contributed by atoms with van der Waals surface area (Å²) in [5, 5.41) is 2.19. The van der Waals surface area contributed by atoms with Crippen LogP contribution in [0.2, 0.25) is 0 Å². The lowest BCUT2D eigenvalue weighted by molar-refractivity contribution is 0.0189. The van der Waals surface area contributed by atoms with Gasteiger partial charge in [-0.2, -0.15) is 0 Å². The highest BCUT2D eigenvalue weighted by Gasteiger charge is 2.38. The minimum absolute atomic E-state index is 0.139. The van der Waals surface area contributed by atoms with E-state index in [1.165, 1.54) is 62.3 Å². The maximum absolute atomic E-state index is 13.1. The van der Waals surface area contributed by atoms with E-state index in [0.717, 1.165) is 24.5 Å². The van der Waals surface area contributed by atoms with Crippen molar-refractivity contribution in [1.29, 1.82) is 0 Å². The molecular formula is C30H37N7OS. The molecule has 4 aromatic rings. The predicted molar refractivity (Wildman–Crippen MR) is 153 cm³/mol. The third kappa shape index (κ3) is 6.49. The summed E-state index contributed by atoms with van der Waals surface area (Å²) in [5.74, 6) is 0.954. The maximum atomic E-state index is 13.1. The molecule has 2 aliphatic rings. The fourth-order valence-electron chi connectivity index (χ4n) is 6.19. The molecule has 1 spiro atoms. The third-order valence-electron chi connectivity index (χ3n) is 8.30. The Morgan fingerprint density at radius 1 is 0.897 bits per heavy atom. The molecule has 0 atom stereocenters. The largest absolute Gasteiger partial charge is 0.347 e. The van der Waals surface area contributed by atoms with Crippen LogP contribution in [0.25, 0.3) is 0 Å². The van der Waals surface area contributed by atoms with Gasteiger partial charge in [0.2, 0.25) is 0 Å². The topological polar surface area (TPSA) is 84.2 Å². The minimum atomic E-state index is -0.139. The highest BCUT2D eigenvalue weighted by atomic mass is 32.1. The van der Waals surface area contributed by atoms with Gasteiger partial charge in [0.15, 0.2) is 5.82 Å². The van der Waals surface area contributed by atoms with Crippen molar-refractivity contribution >= 4 is 17.2 Å². The molecule has 3 aromatic heterocycles. The second-order valence-electron chi connectivity index (χ2n) is 11.1. The summed E-state index contributed by atoms with van der Waals surface area (Å²) in [6.07, 6.45) is 12.0. The number of benzene rings is 1. The van der Waals surface area contributed by atoms with Gasteiger partial charge < -0.3 is 14.9 Å². The Kier molecular flexibility index (Phi) is 7.90. The fraction of sp³-hybridized carbons (Fsp3) is 0.433. The Hall–Kier alpha value is -3.27. The van der Waals surface area contributed by atoms with Gasteiger partial charge in [-0.3, -0.25) is 14.6 Å². The number of nitrogens with one attached hydrogen (secondary N) is 2. The SMILES string of the molecule is O=C(c1ncc[nH]1)N(Cc1ccc(CN2CCC3(CCCN(Cc4cccs4)C3)CC2)cc1)Cc1ncc[nH]1. The zero-order chi connectivity index (χ0) is 26.5. The van der Waals surface area contributed by atoms with Crippen molar-refractivity contribution in [2.45, 2.75) is 51.9 Å². The number of amides is 1. The number of carbonyl (C=O) groups is 1. The van der Waals surface area contributed by atoms with Gasteiger partial charge in [0.25, 0.3) is 5.91 Å². The summed E-state index contributed by atoms with van der Waals surface area (Å²) in [4.78, 5) is 36.1. The van der Waals surface area contributed by atoms with E-state index < -0.39 is 0 Å². The predicted octanol–water partition coefficient (Wildman–Crippen LogP) is 4.92. The molecule has 2 aliphatic heterocycles. The maximum Gasteiger partial charge on any atom is 0.290 e. The summed E-state index contributed by atoms with van der Waals surface area (Å²) in [7, 11) is 0. The smallest absolute Gasteiger partial charge is 0.290 e. The molecule has 0 unspecified atom stereocenters. The second-order valence-corrected chi connectivity index (χ2v) is 12.2. The van der Waals surface area contributed by atoms with Gasteiger partial charge in [-0.25, -0.2) is 9.97 Å². The third-order valence-corrected chi connectivity index (χ3v) is 9.16. The number of thiophene rings is 1. The van der Waals surface area contributed by atoms with Crippen LogP contribution in [0.5, 0.6) is 0 Å².